The summed E-state index contributed by atoms with van der Waals surface area (Å²) in [5.41, 5.74) is 0.224. The maximum Gasteiger partial charge on any atom is 0.354 e. The van der Waals surface area contributed by atoms with Crippen LogP contribution < -0.4 is 0 Å². The van der Waals surface area contributed by atoms with Crippen molar-refractivity contribution in [1.29, 1.82) is 5.41 Å². The van der Waals surface area contributed by atoms with E-state index in [9.17, 15) is 4.79 Å². The maximum absolute atomic E-state index is 11.9. The van der Waals surface area contributed by atoms with Gasteiger partial charge >= 0.3 is 5.97 Å². The smallest absolute Gasteiger partial charge is 0.354 e. The molecule has 1 unspecified atom stereocenters. The number of nitrogens with zero attached hydrogens (tertiary/aromatic N) is 1. The molecule has 24 heavy (non-hydrogen) atoms. The molecule has 1 N–H and O–H groups in total. The molecule has 1 heterocycles. The zero-order valence-corrected chi connectivity index (χ0v) is 15.3. The van der Waals surface area contributed by atoms with E-state index in [0.29, 0.717) is 0 Å². The molecule has 1 fully saturated rings. The molecule has 0 saturated carbocycles. The highest BCUT2D eigenvalue weighted by Gasteiger charge is 2.44. The van der Waals surface area contributed by atoms with Crippen LogP contribution in [0.1, 0.15) is 58.6 Å². The zero-order valence-electron chi connectivity index (χ0n) is 15.3. The van der Waals surface area contributed by atoms with Crippen molar-refractivity contribution in [2.24, 2.45) is 0 Å². The monoisotopic (exact) mass is 332 g/mol. The van der Waals surface area contributed by atoms with Gasteiger partial charge in [-0.2, -0.15) is 5.06 Å². The fourth-order valence-electron chi connectivity index (χ4n) is 3.49. The fraction of sp³-hybridized carbons (Fsp3) is 0.579. The number of benzene rings is 1. The summed E-state index contributed by atoms with van der Waals surface area (Å²) in [5.74, 6) is -0.670. The molecule has 0 aliphatic carbocycles. The minimum absolute atomic E-state index is 0.175. The molecular formula is C19H28N2O3. The van der Waals surface area contributed by atoms with Gasteiger partial charge in [0.25, 0.3) is 0 Å². The Hall–Kier alpha value is -1.72. The molecule has 1 aliphatic rings. The lowest BCUT2D eigenvalue weighted by molar-refractivity contribution is -0.294. The molecule has 1 aliphatic heterocycles. The number of rotatable bonds is 5. The summed E-state index contributed by atoms with van der Waals surface area (Å²) >= 11 is 0. The van der Waals surface area contributed by atoms with Gasteiger partial charge in [0.2, 0.25) is 0 Å². The predicted octanol–water partition coefficient (Wildman–Crippen LogP) is 3.90. The number of piperidine rings is 1. The first-order valence-corrected chi connectivity index (χ1v) is 8.38. The fourth-order valence-corrected chi connectivity index (χ4v) is 3.49. The Morgan fingerprint density at radius 3 is 2.17 bits per heavy atom. The molecule has 5 heteroatoms. The van der Waals surface area contributed by atoms with Crippen molar-refractivity contribution in [3.63, 3.8) is 0 Å². The van der Waals surface area contributed by atoms with Crippen LogP contribution in [-0.2, 0) is 14.4 Å². The third kappa shape index (κ3) is 3.84. The third-order valence-corrected chi connectivity index (χ3v) is 4.66. The lowest BCUT2D eigenvalue weighted by atomic mass is 9.82. The molecule has 0 radical (unpaired) electrons. The van der Waals surface area contributed by atoms with Crippen LogP contribution in [0.2, 0.25) is 0 Å². The highest BCUT2D eigenvalue weighted by atomic mass is 16.7. The van der Waals surface area contributed by atoms with Crippen LogP contribution >= 0.6 is 0 Å². The van der Waals surface area contributed by atoms with Gasteiger partial charge in [-0.05, 0) is 52.5 Å². The largest absolute Gasteiger partial charge is 0.464 e. The molecule has 0 amide bonds. The van der Waals surface area contributed by atoms with E-state index in [1.165, 1.54) is 7.11 Å². The van der Waals surface area contributed by atoms with Gasteiger partial charge in [-0.1, -0.05) is 30.3 Å². The lowest BCUT2D eigenvalue weighted by Gasteiger charge is -2.52. The van der Waals surface area contributed by atoms with E-state index in [4.69, 9.17) is 15.0 Å². The number of carbonyl (C=O) groups is 1. The molecule has 1 atom stereocenters. The molecule has 2 rings (SSSR count). The summed E-state index contributed by atoms with van der Waals surface area (Å²) in [6.45, 7) is 8.55. The Morgan fingerprint density at radius 2 is 1.67 bits per heavy atom. The Balaban J connectivity index is 2.37. The van der Waals surface area contributed by atoms with E-state index < -0.39 is 12.1 Å². The third-order valence-electron chi connectivity index (χ3n) is 4.66. The number of hydrogen-bond acceptors (Lipinski definition) is 5. The van der Waals surface area contributed by atoms with Crippen LogP contribution in [0.5, 0.6) is 0 Å². The Bertz CT molecular complexity index is 580. The Kier molecular flexibility index (Phi) is 5.45. The first kappa shape index (κ1) is 18.6. The van der Waals surface area contributed by atoms with E-state index in [2.05, 4.69) is 27.7 Å². The van der Waals surface area contributed by atoms with Crippen LogP contribution in [-0.4, -0.2) is 34.9 Å². The molecule has 0 spiro atoms. The van der Waals surface area contributed by atoms with Crippen LogP contribution in [0.4, 0.5) is 0 Å². The molecule has 5 nitrogen and oxygen atoms in total. The van der Waals surface area contributed by atoms with Gasteiger partial charge in [0.05, 0.1) is 7.11 Å². The van der Waals surface area contributed by atoms with Gasteiger partial charge in [-0.15, -0.1) is 0 Å². The van der Waals surface area contributed by atoms with Crippen molar-refractivity contribution < 1.29 is 14.4 Å². The van der Waals surface area contributed by atoms with Gasteiger partial charge < -0.3 is 4.74 Å². The molecule has 1 aromatic rings. The maximum atomic E-state index is 11.9. The summed E-state index contributed by atoms with van der Waals surface area (Å²) in [4.78, 5) is 18.2. The summed E-state index contributed by atoms with van der Waals surface area (Å²) in [7, 11) is 1.29. The van der Waals surface area contributed by atoms with Gasteiger partial charge in [0, 0.05) is 11.1 Å². The van der Waals surface area contributed by atoms with Gasteiger partial charge in [0.1, 0.15) is 0 Å². The minimum Gasteiger partial charge on any atom is -0.464 e. The SMILES string of the molecule is COC(=O)C(=N)C(ON1C(C)(C)CCCC1(C)C)c1ccccc1. The van der Waals surface area contributed by atoms with Crippen molar-refractivity contribution in [3.05, 3.63) is 35.9 Å². The van der Waals surface area contributed by atoms with Gasteiger partial charge in [0.15, 0.2) is 11.8 Å². The van der Waals surface area contributed by atoms with Crippen LogP contribution in [0.15, 0.2) is 30.3 Å². The number of hydroxylamine groups is 2. The molecule has 0 bridgehead atoms. The molecule has 1 aromatic carbocycles. The van der Waals surface area contributed by atoms with Crippen LogP contribution in [0.25, 0.3) is 0 Å². The van der Waals surface area contributed by atoms with Crippen molar-refractivity contribution in [3.8, 4) is 0 Å². The van der Waals surface area contributed by atoms with E-state index >= 15 is 0 Å². The second kappa shape index (κ2) is 7.03. The average molecular weight is 332 g/mol. The second-order valence-corrected chi connectivity index (χ2v) is 7.57. The van der Waals surface area contributed by atoms with E-state index in [1.54, 1.807) is 0 Å². The number of ether oxygens (including phenoxy) is 1. The van der Waals surface area contributed by atoms with E-state index in [1.807, 2.05) is 35.4 Å². The Morgan fingerprint density at radius 1 is 1.12 bits per heavy atom. The van der Waals surface area contributed by atoms with Crippen LogP contribution in [0.3, 0.4) is 0 Å². The second-order valence-electron chi connectivity index (χ2n) is 7.57. The highest BCUT2D eigenvalue weighted by molar-refractivity contribution is 6.36. The average Bonchev–Trinajstić information content (AvgIpc) is 2.53. The normalized spacial score (nSPS) is 21.0. The number of nitrogens with one attached hydrogen (secondary N) is 1. The Labute approximate surface area is 144 Å². The standard InChI is InChI=1S/C19H28N2O3/c1-18(2)12-9-13-19(3,4)21(18)24-16(15(20)17(22)23-5)14-10-7-6-8-11-14/h6-8,10-11,16,20H,9,12-13H2,1-5H3. The quantitative estimate of drug-likeness (QED) is 0.656. The first-order valence-electron chi connectivity index (χ1n) is 8.38. The number of carbonyl (C=O) groups excluding carboxylic acids is 1. The van der Waals surface area contributed by atoms with E-state index in [0.717, 1.165) is 24.8 Å². The molecule has 132 valence electrons. The summed E-state index contributed by atoms with van der Waals surface area (Å²) in [5, 5.41) is 10.2. The lowest BCUT2D eigenvalue weighted by Crippen LogP contribution is -2.59. The summed E-state index contributed by atoms with van der Waals surface area (Å²) < 4.78 is 4.75. The van der Waals surface area contributed by atoms with Crippen molar-refractivity contribution in [2.45, 2.75) is 64.1 Å². The molecule has 1 saturated heterocycles. The number of methoxy groups -OCH3 is 1. The van der Waals surface area contributed by atoms with Crippen molar-refractivity contribution in [2.75, 3.05) is 7.11 Å². The summed E-state index contributed by atoms with van der Waals surface area (Å²) in [6.07, 6.45) is 2.35. The highest BCUT2D eigenvalue weighted by Crippen LogP contribution is 2.40. The zero-order chi connectivity index (χ0) is 18.0. The number of esters is 1. The minimum atomic E-state index is -0.782. The first-order chi connectivity index (χ1) is 11.2. The van der Waals surface area contributed by atoms with Crippen molar-refractivity contribution >= 4 is 11.7 Å². The molecule has 0 aromatic heterocycles. The molecular weight excluding hydrogens is 304 g/mol. The topological polar surface area (TPSA) is 62.6 Å². The number of hydrogen-bond donors (Lipinski definition) is 1. The summed E-state index contributed by atoms with van der Waals surface area (Å²) in [6, 6.07) is 9.39. The van der Waals surface area contributed by atoms with Crippen LogP contribution in [0, 0.1) is 5.41 Å². The van der Waals surface area contributed by atoms with Gasteiger partial charge in [-0.3, -0.25) is 10.2 Å². The van der Waals surface area contributed by atoms with E-state index in [-0.39, 0.29) is 16.8 Å². The van der Waals surface area contributed by atoms with Crippen molar-refractivity contribution in [1.82, 2.24) is 5.06 Å². The predicted molar refractivity (Wildman–Crippen MR) is 93.9 cm³/mol. The van der Waals surface area contributed by atoms with Gasteiger partial charge in [-0.25, -0.2) is 4.79 Å².